The molecule has 0 radical (unpaired) electrons. The molecular formula is C22H18ClISe. The van der Waals surface area contributed by atoms with Crippen LogP contribution in [0.4, 0.5) is 0 Å². The van der Waals surface area contributed by atoms with Crippen molar-refractivity contribution >= 4 is 59.2 Å². The second kappa shape index (κ2) is 9.59. The summed E-state index contributed by atoms with van der Waals surface area (Å²) in [4.78, 5) is 0. The van der Waals surface area contributed by atoms with Crippen molar-refractivity contribution < 1.29 is 0 Å². The predicted molar refractivity (Wildman–Crippen MR) is 119 cm³/mol. The van der Waals surface area contributed by atoms with Crippen LogP contribution >= 0.6 is 34.2 Å². The summed E-state index contributed by atoms with van der Waals surface area (Å²) in [6.07, 6.45) is 1.07. The minimum absolute atomic E-state index is 0.500. The van der Waals surface area contributed by atoms with Gasteiger partial charge in [0.1, 0.15) is 0 Å². The molecule has 0 amide bonds. The first kappa shape index (κ1) is 18.7. The zero-order valence-electron chi connectivity index (χ0n) is 13.7. The number of allylic oxidation sites excluding steroid dienone is 1. The molecule has 0 spiro atoms. The van der Waals surface area contributed by atoms with Gasteiger partial charge in [-0.3, -0.25) is 0 Å². The van der Waals surface area contributed by atoms with Crippen LogP contribution in [-0.4, -0.2) is 15.0 Å². The molecule has 0 saturated heterocycles. The molecule has 0 saturated carbocycles. The normalized spacial score (nSPS) is 11.9. The van der Waals surface area contributed by atoms with Gasteiger partial charge in [-0.05, 0) is 0 Å². The van der Waals surface area contributed by atoms with E-state index < -0.39 is 0 Å². The Labute approximate surface area is 174 Å². The molecule has 0 nitrogen and oxygen atoms in total. The standard InChI is InChI=1S/C22H18ClISe/c23-20-14-8-7-13-19(20)22(17-9-3-1-4-10-17)21(24)15-16-25-18-11-5-2-6-12-18/h1-14H,15-16H2/b22-21-. The predicted octanol–water partition coefficient (Wildman–Crippen LogP) is 6.37. The Morgan fingerprint density at radius 3 is 2.08 bits per heavy atom. The van der Waals surface area contributed by atoms with Crippen molar-refractivity contribution in [3.63, 3.8) is 0 Å². The second-order valence-corrected chi connectivity index (χ2v) is 9.70. The van der Waals surface area contributed by atoms with Gasteiger partial charge in [0.2, 0.25) is 0 Å². The third-order valence-electron chi connectivity index (χ3n) is 3.81. The van der Waals surface area contributed by atoms with Crippen LogP contribution in [0, 0.1) is 0 Å². The van der Waals surface area contributed by atoms with Crippen LogP contribution in [0.25, 0.3) is 5.57 Å². The molecule has 126 valence electrons. The fraction of sp³-hybridized carbons (Fsp3) is 0.0909. The number of rotatable bonds is 6. The van der Waals surface area contributed by atoms with Crippen molar-refractivity contribution in [1.29, 1.82) is 0 Å². The van der Waals surface area contributed by atoms with E-state index in [2.05, 4.69) is 95.4 Å². The van der Waals surface area contributed by atoms with Gasteiger partial charge in [-0.1, -0.05) is 0 Å². The van der Waals surface area contributed by atoms with Crippen molar-refractivity contribution in [2.75, 3.05) is 0 Å². The summed E-state index contributed by atoms with van der Waals surface area (Å²) in [5.74, 6) is 0. The van der Waals surface area contributed by atoms with Gasteiger partial charge in [0.25, 0.3) is 0 Å². The molecule has 0 unspecified atom stereocenters. The van der Waals surface area contributed by atoms with Crippen molar-refractivity contribution in [3.05, 3.63) is 105 Å². The van der Waals surface area contributed by atoms with Crippen LogP contribution in [0.5, 0.6) is 0 Å². The topological polar surface area (TPSA) is 0 Å². The Balaban J connectivity index is 1.87. The van der Waals surface area contributed by atoms with E-state index in [1.54, 1.807) is 0 Å². The Hall–Kier alpha value is -1.06. The van der Waals surface area contributed by atoms with Crippen LogP contribution in [0.15, 0.2) is 88.5 Å². The Kier molecular flexibility index (Phi) is 7.18. The third kappa shape index (κ3) is 5.21. The first-order valence-corrected chi connectivity index (χ1v) is 11.6. The van der Waals surface area contributed by atoms with E-state index >= 15 is 0 Å². The molecule has 0 atom stereocenters. The van der Waals surface area contributed by atoms with Crippen molar-refractivity contribution in [3.8, 4) is 0 Å². The van der Waals surface area contributed by atoms with Gasteiger partial charge in [-0.25, -0.2) is 0 Å². The molecule has 0 aliphatic rings. The number of hydrogen-bond donors (Lipinski definition) is 0. The summed E-state index contributed by atoms with van der Waals surface area (Å²) < 4.78 is 2.83. The molecule has 0 aliphatic heterocycles. The summed E-state index contributed by atoms with van der Waals surface area (Å²) in [6, 6.07) is 29.5. The Morgan fingerprint density at radius 1 is 0.800 bits per heavy atom. The van der Waals surface area contributed by atoms with Gasteiger partial charge in [-0.15, -0.1) is 0 Å². The quantitative estimate of drug-likeness (QED) is 0.260. The first-order chi connectivity index (χ1) is 12.3. The van der Waals surface area contributed by atoms with Gasteiger partial charge in [0.05, 0.1) is 0 Å². The van der Waals surface area contributed by atoms with E-state index in [1.807, 2.05) is 12.1 Å². The van der Waals surface area contributed by atoms with E-state index in [9.17, 15) is 0 Å². The maximum absolute atomic E-state index is 6.51. The van der Waals surface area contributed by atoms with E-state index in [4.69, 9.17) is 11.6 Å². The average Bonchev–Trinajstić information content (AvgIpc) is 2.65. The SMILES string of the molecule is Clc1ccccc1/C(=C(\I)CC[Se]c1ccccc1)c1ccccc1. The van der Waals surface area contributed by atoms with E-state index in [0.29, 0.717) is 15.0 Å². The molecule has 0 fully saturated rings. The maximum atomic E-state index is 6.51. The van der Waals surface area contributed by atoms with Gasteiger partial charge < -0.3 is 0 Å². The molecule has 0 bridgehead atoms. The van der Waals surface area contributed by atoms with Gasteiger partial charge in [-0.2, -0.15) is 0 Å². The van der Waals surface area contributed by atoms with Crippen molar-refractivity contribution in [1.82, 2.24) is 0 Å². The zero-order chi connectivity index (χ0) is 17.5. The van der Waals surface area contributed by atoms with Gasteiger partial charge in [0, 0.05) is 0 Å². The molecule has 3 aromatic carbocycles. The van der Waals surface area contributed by atoms with Crippen molar-refractivity contribution in [2.45, 2.75) is 11.7 Å². The monoisotopic (exact) mass is 524 g/mol. The van der Waals surface area contributed by atoms with Gasteiger partial charge >= 0.3 is 176 Å². The van der Waals surface area contributed by atoms with Gasteiger partial charge in [0.15, 0.2) is 0 Å². The first-order valence-electron chi connectivity index (χ1n) is 8.12. The minimum atomic E-state index is 0.500. The summed E-state index contributed by atoms with van der Waals surface area (Å²) >= 11 is 9.51. The van der Waals surface area contributed by atoms with E-state index in [0.717, 1.165) is 17.0 Å². The molecule has 0 aromatic heterocycles. The van der Waals surface area contributed by atoms with Crippen LogP contribution < -0.4 is 4.46 Å². The molecule has 3 rings (SSSR count). The molecule has 0 aliphatic carbocycles. The number of hydrogen-bond acceptors (Lipinski definition) is 0. The summed E-state index contributed by atoms with van der Waals surface area (Å²) in [5.41, 5.74) is 3.61. The molecular weight excluding hydrogens is 506 g/mol. The molecule has 0 heterocycles. The summed E-state index contributed by atoms with van der Waals surface area (Å²) in [6.45, 7) is 0. The number of benzene rings is 3. The fourth-order valence-electron chi connectivity index (χ4n) is 2.63. The summed E-state index contributed by atoms with van der Waals surface area (Å²) in [7, 11) is 0. The molecule has 3 aromatic rings. The van der Waals surface area contributed by atoms with Crippen LogP contribution in [-0.2, 0) is 0 Å². The fourth-order valence-corrected chi connectivity index (χ4v) is 6.42. The number of halogens is 2. The zero-order valence-corrected chi connectivity index (χ0v) is 18.3. The van der Waals surface area contributed by atoms with Crippen LogP contribution in [0.2, 0.25) is 10.3 Å². The molecule has 3 heteroatoms. The van der Waals surface area contributed by atoms with Crippen LogP contribution in [0.3, 0.4) is 0 Å². The summed E-state index contributed by atoms with van der Waals surface area (Å²) in [5, 5.41) is 2.00. The van der Waals surface area contributed by atoms with E-state index in [-0.39, 0.29) is 0 Å². The molecule has 25 heavy (non-hydrogen) atoms. The average molecular weight is 524 g/mol. The Bertz CT molecular complexity index is 844. The van der Waals surface area contributed by atoms with Crippen molar-refractivity contribution in [2.24, 2.45) is 0 Å². The van der Waals surface area contributed by atoms with E-state index in [1.165, 1.54) is 24.5 Å². The Morgan fingerprint density at radius 2 is 1.40 bits per heavy atom. The third-order valence-corrected chi connectivity index (χ3v) is 7.35. The second-order valence-electron chi connectivity index (χ2n) is 5.54. The molecule has 0 N–H and O–H groups in total. The van der Waals surface area contributed by atoms with Crippen LogP contribution in [0.1, 0.15) is 17.5 Å².